The van der Waals surface area contributed by atoms with Crippen LogP contribution in [-0.2, 0) is 7.05 Å². The minimum atomic E-state index is 0.457. The molecule has 1 aliphatic carbocycles. The third kappa shape index (κ3) is 3.35. The van der Waals surface area contributed by atoms with Gasteiger partial charge in [-0.05, 0) is 43.7 Å². The summed E-state index contributed by atoms with van der Waals surface area (Å²) in [4.78, 5) is 0. The van der Waals surface area contributed by atoms with Crippen LogP contribution in [-0.4, -0.2) is 16.3 Å². The smallest absolute Gasteiger partial charge is 0.0796 e. The number of hydrogen-bond acceptors (Lipinski definition) is 2. The first kappa shape index (κ1) is 13.6. The van der Waals surface area contributed by atoms with Gasteiger partial charge >= 0.3 is 0 Å². The molecule has 0 radical (unpaired) electrons. The molecule has 1 aliphatic rings. The Morgan fingerprint density at radius 2 is 2.11 bits per heavy atom. The van der Waals surface area contributed by atoms with E-state index in [9.17, 15) is 0 Å². The summed E-state index contributed by atoms with van der Waals surface area (Å²) in [5, 5.41) is 8.32. The molecule has 1 fully saturated rings. The van der Waals surface area contributed by atoms with E-state index < -0.39 is 0 Å². The van der Waals surface area contributed by atoms with Crippen LogP contribution in [0.1, 0.15) is 57.7 Å². The van der Waals surface area contributed by atoms with Gasteiger partial charge < -0.3 is 5.32 Å². The van der Waals surface area contributed by atoms with Crippen LogP contribution in [0.2, 0.25) is 0 Å². The summed E-state index contributed by atoms with van der Waals surface area (Å²) in [7, 11) is 2.00. The molecule has 0 amide bonds. The highest BCUT2D eigenvalue weighted by Gasteiger charge is 2.28. The molecule has 0 saturated heterocycles. The second-order valence-corrected chi connectivity index (χ2v) is 5.87. The Balaban J connectivity index is 2.04. The maximum atomic E-state index is 4.61. The Hall–Kier alpha value is -0.830. The van der Waals surface area contributed by atoms with E-state index in [1.807, 2.05) is 11.7 Å². The molecule has 3 heteroatoms. The van der Waals surface area contributed by atoms with Crippen LogP contribution in [0.5, 0.6) is 0 Å². The fourth-order valence-corrected chi connectivity index (χ4v) is 3.03. The van der Waals surface area contributed by atoms with Crippen LogP contribution in [0.4, 0.5) is 0 Å². The Morgan fingerprint density at radius 1 is 1.39 bits per heavy atom. The summed E-state index contributed by atoms with van der Waals surface area (Å²) in [5.74, 6) is 1.68. The van der Waals surface area contributed by atoms with Crippen molar-refractivity contribution in [2.45, 2.75) is 52.0 Å². The van der Waals surface area contributed by atoms with E-state index in [1.54, 1.807) is 0 Å². The van der Waals surface area contributed by atoms with Crippen molar-refractivity contribution in [2.24, 2.45) is 18.9 Å². The highest BCUT2D eigenvalue weighted by atomic mass is 15.3. The van der Waals surface area contributed by atoms with Gasteiger partial charge in [0, 0.05) is 13.2 Å². The third-order valence-electron chi connectivity index (χ3n) is 4.20. The van der Waals surface area contributed by atoms with E-state index in [-0.39, 0.29) is 0 Å². The third-order valence-corrected chi connectivity index (χ3v) is 4.20. The first-order chi connectivity index (χ1) is 8.70. The molecular formula is C15H27N3. The van der Waals surface area contributed by atoms with Crippen molar-refractivity contribution in [3.8, 4) is 0 Å². The fraction of sp³-hybridized carbons (Fsp3) is 0.800. The Bertz CT molecular complexity index is 350. The molecule has 1 aromatic rings. The number of nitrogens with zero attached hydrogens (tertiary/aromatic N) is 2. The van der Waals surface area contributed by atoms with Gasteiger partial charge in [-0.1, -0.05) is 26.7 Å². The average molecular weight is 249 g/mol. The van der Waals surface area contributed by atoms with E-state index >= 15 is 0 Å². The lowest BCUT2D eigenvalue weighted by molar-refractivity contribution is 0.228. The molecule has 102 valence electrons. The predicted octanol–water partition coefficient (Wildman–Crippen LogP) is 3.29. The summed E-state index contributed by atoms with van der Waals surface area (Å²) >= 11 is 0. The summed E-state index contributed by atoms with van der Waals surface area (Å²) in [6.07, 6.45) is 8.69. The molecule has 18 heavy (non-hydrogen) atoms. The molecule has 1 heterocycles. The zero-order valence-corrected chi connectivity index (χ0v) is 12.0. The SMILES string of the molecule is CCCNC(c1ccn(C)n1)C1CCC(C)CC1. The molecule has 1 atom stereocenters. The minimum absolute atomic E-state index is 0.457. The van der Waals surface area contributed by atoms with Gasteiger partial charge in [-0.3, -0.25) is 4.68 Å². The van der Waals surface area contributed by atoms with E-state index in [0.29, 0.717) is 6.04 Å². The summed E-state index contributed by atoms with van der Waals surface area (Å²) < 4.78 is 1.92. The van der Waals surface area contributed by atoms with Crippen molar-refractivity contribution in [1.82, 2.24) is 15.1 Å². The van der Waals surface area contributed by atoms with Crippen molar-refractivity contribution in [3.63, 3.8) is 0 Å². The zero-order chi connectivity index (χ0) is 13.0. The minimum Gasteiger partial charge on any atom is -0.308 e. The Kier molecular flexibility index (Phi) is 4.81. The predicted molar refractivity (Wildman–Crippen MR) is 75.4 cm³/mol. The van der Waals surface area contributed by atoms with Gasteiger partial charge in [0.25, 0.3) is 0 Å². The first-order valence-electron chi connectivity index (χ1n) is 7.43. The molecule has 0 bridgehead atoms. The van der Waals surface area contributed by atoms with E-state index in [2.05, 4.69) is 36.5 Å². The lowest BCUT2D eigenvalue weighted by atomic mass is 9.78. The lowest BCUT2D eigenvalue weighted by Crippen LogP contribution is -2.31. The summed E-state index contributed by atoms with van der Waals surface area (Å²) in [6.45, 7) is 5.70. The second-order valence-electron chi connectivity index (χ2n) is 5.87. The fourth-order valence-electron chi connectivity index (χ4n) is 3.03. The van der Waals surface area contributed by atoms with E-state index in [1.165, 1.54) is 37.8 Å². The van der Waals surface area contributed by atoms with Gasteiger partial charge in [0.1, 0.15) is 0 Å². The average Bonchev–Trinajstić information content (AvgIpc) is 2.78. The van der Waals surface area contributed by atoms with Crippen LogP contribution >= 0.6 is 0 Å². The molecular weight excluding hydrogens is 222 g/mol. The molecule has 0 aromatic carbocycles. The van der Waals surface area contributed by atoms with Crippen molar-refractivity contribution < 1.29 is 0 Å². The quantitative estimate of drug-likeness (QED) is 0.868. The van der Waals surface area contributed by atoms with Crippen LogP contribution in [0.15, 0.2) is 12.3 Å². The Morgan fingerprint density at radius 3 is 2.67 bits per heavy atom. The number of aromatic nitrogens is 2. The van der Waals surface area contributed by atoms with Crippen LogP contribution in [0.3, 0.4) is 0 Å². The zero-order valence-electron chi connectivity index (χ0n) is 12.0. The largest absolute Gasteiger partial charge is 0.308 e. The van der Waals surface area contributed by atoms with Crippen LogP contribution in [0, 0.1) is 11.8 Å². The maximum Gasteiger partial charge on any atom is 0.0796 e. The highest BCUT2D eigenvalue weighted by Crippen LogP contribution is 2.36. The molecule has 3 nitrogen and oxygen atoms in total. The van der Waals surface area contributed by atoms with E-state index in [0.717, 1.165) is 18.4 Å². The van der Waals surface area contributed by atoms with Gasteiger partial charge in [0.15, 0.2) is 0 Å². The maximum absolute atomic E-state index is 4.61. The molecule has 1 saturated carbocycles. The standard InChI is InChI=1S/C15H27N3/c1-4-10-16-15(14-9-11-18(3)17-14)13-7-5-12(2)6-8-13/h9,11-13,15-16H,4-8,10H2,1-3H3. The summed E-state index contributed by atoms with van der Waals surface area (Å²) in [5.41, 5.74) is 1.23. The van der Waals surface area contributed by atoms with Crippen LogP contribution < -0.4 is 5.32 Å². The molecule has 1 aromatic heterocycles. The number of hydrogen-bond donors (Lipinski definition) is 1. The summed E-state index contributed by atoms with van der Waals surface area (Å²) in [6, 6.07) is 2.63. The number of rotatable bonds is 5. The van der Waals surface area contributed by atoms with Crippen molar-refractivity contribution in [3.05, 3.63) is 18.0 Å². The van der Waals surface area contributed by atoms with Gasteiger partial charge in [0.05, 0.1) is 11.7 Å². The monoisotopic (exact) mass is 249 g/mol. The van der Waals surface area contributed by atoms with Gasteiger partial charge in [-0.15, -0.1) is 0 Å². The van der Waals surface area contributed by atoms with Gasteiger partial charge in [-0.25, -0.2) is 0 Å². The molecule has 0 aliphatic heterocycles. The number of nitrogens with one attached hydrogen (secondary N) is 1. The van der Waals surface area contributed by atoms with Crippen LogP contribution in [0.25, 0.3) is 0 Å². The number of aryl methyl sites for hydroxylation is 1. The van der Waals surface area contributed by atoms with Crippen molar-refractivity contribution >= 4 is 0 Å². The Labute approximate surface area is 111 Å². The topological polar surface area (TPSA) is 29.9 Å². The van der Waals surface area contributed by atoms with Gasteiger partial charge in [-0.2, -0.15) is 5.10 Å². The highest BCUT2D eigenvalue weighted by molar-refractivity contribution is 5.07. The van der Waals surface area contributed by atoms with Gasteiger partial charge in [0.2, 0.25) is 0 Å². The molecule has 0 spiro atoms. The molecule has 2 rings (SSSR count). The molecule has 1 N–H and O–H groups in total. The van der Waals surface area contributed by atoms with Crippen molar-refractivity contribution in [2.75, 3.05) is 6.54 Å². The van der Waals surface area contributed by atoms with Crippen molar-refractivity contribution in [1.29, 1.82) is 0 Å². The lowest BCUT2D eigenvalue weighted by Gasteiger charge is -2.32. The first-order valence-corrected chi connectivity index (χ1v) is 7.43. The second kappa shape index (κ2) is 6.37. The molecule has 1 unspecified atom stereocenters. The van der Waals surface area contributed by atoms with E-state index in [4.69, 9.17) is 0 Å². The normalized spacial score (nSPS) is 26.2.